The molecule has 0 aromatic heterocycles. The van der Waals surface area contributed by atoms with Crippen LogP contribution in [-0.4, -0.2) is 63.8 Å². The number of aliphatic carboxylic acids is 1. The highest BCUT2D eigenvalue weighted by Gasteiger charge is 2.42. The van der Waals surface area contributed by atoms with Crippen molar-refractivity contribution in [1.29, 1.82) is 0 Å². The fourth-order valence-electron chi connectivity index (χ4n) is 2.77. The van der Waals surface area contributed by atoms with E-state index in [1.807, 2.05) is 30.3 Å². The molecule has 1 fully saturated rings. The van der Waals surface area contributed by atoms with Crippen LogP contribution in [0, 0.1) is 0 Å². The molecule has 1 heterocycles. The highest BCUT2D eigenvalue weighted by Crippen LogP contribution is 2.20. The molecule has 1 aromatic rings. The van der Waals surface area contributed by atoms with Gasteiger partial charge in [0.15, 0.2) is 6.04 Å². The van der Waals surface area contributed by atoms with E-state index < -0.39 is 35.8 Å². The Bertz CT molecular complexity index is 685. The van der Waals surface area contributed by atoms with Crippen molar-refractivity contribution in [3.8, 4) is 0 Å². The summed E-state index contributed by atoms with van der Waals surface area (Å²) >= 11 is 0. The number of carboxylic acids is 1. The summed E-state index contributed by atoms with van der Waals surface area (Å²) in [5.41, 5.74) is 0.0930. The Morgan fingerprint density at radius 2 is 1.70 bits per heavy atom. The summed E-state index contributed by atoms with van der Waals surface area (Å²) < 4.78 is 10.6. The van der Waals surface area contributed by atoms with Crippen LogP contribution in [0.3, 0.4) is 0 Å². The summed E-state index contributed by atoms with van der Waals surface area (Å²) in [6.07, 6.45) is -1.32. The minimum Gasteiger partial charge on any atom is -0.480 e. The van der Waals surface area contributed by atoms with Gasteiger partial charge in [-0.05, 0) is 33.3 Å². The van der Waals surface area contributed by atoms with Crippen molar-refractivity contribution in [2.24, 2.45) is 0 Å². The second-order valence-corrected chi connectivity index (χ2v) is 7.53. The number of carboxylic acid groups (broad SMARTS) is 1. The maximum Gasteiger partial charge on any atom is 0.411 e. The lowest BCUT2D eigenvalue weighted by Crippen LogP contribution is -2.63. The van der Waals surface area contributed by atoms with E-state index in [2.05, 4.69) is 0 Å². The normalized spacial score (nSPS) is 20.1. The van der Waals surface area contributed by atoms with E-state index in [4.69, 9.17) is 9.47 Å². The molecule has 2 unspecified atom stereocenters. The van der Waals surface area contributed by atoms with Crippen molar-refractivity contribution >= 4 is 18.2 Å². The second-order valence-electron chi connectivity index (χ2n) is 7.53. The predicted molar refractivity (Wildman–Crippen MR) is 97.2 cm³/mol. The molecule has 1 aliphatic rings. The number of piperazine rings is 1. The summed E-state index contributed by atoms with van der Waals surface area (Å²) in [7, 11) is 0. The van der Waals surface area contributed by atoms with Crippen LogP contribution in [0.15, 0.2) is 30.3 Å². The number of carbonyl (C=O) groups is 3. The molecule has 1 aliphatic heterocycles. The zero-order valence-electron chi connectivity index (χ0n) is 16.0. The molecule has 0 spiro atoms. The lowest BCUT2D eigenvalue weighted by molar-refractivity contribution is -0.146. The Morgan fingerprint density at radius 1 is 1.07 bits per heavy atom. The van der Waals surface area contributed by atoms with E-state index in [-0.39, 0.29) is 19.7 Å². The van der Waals surface area contributed by atoms with Gasteiger partial charge in [-0.2, -0.15) is 0 Å². The third-order valence-electron chi connectivity index (χ3n) is 4.09. The average Bonchev–Trinajstić information content (AvgIpc) is 2.58. The van der Waals surface area contributed by atoms with Crippen LogP contribution in [0.4, 0.5) is 9.59 Å². The highest BCUT2D eigenvalue weighted by molar-refractivity contribution is 5.82. The number of amides is 2. The molecule has 148 valence electrons. The lowest BCUT2D eigenvalue weighted by atomic mass is 10.1. The summed E-state index contributed by atoms with van der Waals surface area (Å²) in [5, 5.41) is 9.52. The first-order valence-electron chi connectivity index (χ1n) is 8.78. The first-order valence-corrected chi connectivity index (χ1v) is 8.78. The van der Waals surface area contributed by atoms with Gasteiger partial charge in [-0.15, -0.1) is 0 Å². The topological polar surface area (TPSA) is 96.4 Å². The van der Waals surface area contributed by atoms with Crippen molar-refractivity contribution in [2.45, 2.75) is 52.0 Å². The minimum absolute atomic E-state index is 0.0479. The van der Waals surface area contributed by atoms with Gasteiger partial charge in [0.1, 0.15) is 12.2 Å². The molecule has 1 saturated heterocycles. The maximum absolute atomic E-state index is 12.4. The molecule has 0 saturated carbocycles. The van der Waals surface area contributed by atoms with Crippen LogP contribution in [0.25, 0.3) is 0 Å². The molecule has 2 rings (SSSR count). The van der Waals surface area contributed by atoms with Gasteiger partial charge in [0.2, 0.25) is 0 Å². The summed E-state index contributed by atoms with van der Waals surface area (Å²) in [6.45, 7) is 6.84. The predicted octanol–water partition coefficient (Wildman–Crippen LogP) is 2.72. The van der Waals surface area contributed by atoms with E-state index in [0.29, 0.717) is 0 Å². The number of nitrogens with zero attached hydrogens (tertiary/aromatic N) is 2. The molecular weight excluding hydrogens is 352 g/mol. The zero-order chi connectivity index (χ0) is 20.2. The quantitative estimate of drug-likeness (QED) is 0.869. The molecule has 0 radical (unpaired) electrons. The minimum atomic E-state index is -1.20. The van der Waals surface area contributed by atoms with Gasteiger partial charge in [0, 0.05) is 6.54 Å². The van der Waals surface area contributed by atoms with E-state index in [1.54, 1.807) is 27.7 Å². The van der Waals surface area contributed by atoms with Crippen LogP contribution in [0.2, 0.25) is 0 Å². The number of benzene rings is 1. The molecule has 8 heteroatoms. The SMILES string of the molecule is CC1CN(C(=O)OC(C)(C)C)C(C(=O)O)CN1C(=O)OCc1ccccc1. The van der Waals surface area contributed by atoms with Crippen molar-refractivity contribution < 1.29 is 29.0 Å². The van der Waals surface area contributed by atoms with Crippen LogP contribution >= 0.6 is 0 Å². The number of carbonyl (C=O) groups excluding carboxylic acids is 2. The van der Waals surface area contributed by atoms with Gasteiger partial charge in [0.05, 0.1) is 12.6 Å². The second kappa shape index (κ2) is 8.28. The first-order chi connectivity index (χ1) is 12.6. The smallest absolute Gasteiger partial charge is 0.411 e. The molecule has 27 heavy (non-hydrogen) atoms. The van der Waals surface area contributed by atoms with E-state index in [9.17, 15) is 19.5 Å². The van der Waals surface area contributed by atoms with E-state index in [1.165, 1.54) is 4.90 Å². The molecular formula is C19H26N2O6. The van der Waals surface area contributed by atoms with Crippen molar-refractivity contribution in [1.82, 2.24) is 9.80 Å². The number of ether oxygens (including phenoxy) is 2. The maximum atomic E-state index is 12.4. The van der Waals surface area contributed by atoms with E-state index in [0.717, 1.165) is 10.5 Å². The number of rotatable bonds is 3. The fraction of sp³-hybridized carbons (Fsp3) is 0.526. The largest absolute Gasteiger partial charge is 0.480 e. The average molecular weight is 378 g/mol. The Kier molecular flexibility index (Phi) is 6.30. The van der Waals surface area contributed by atoms with Gasteiger partial charge in [-0.3, -0.25) is 4.90 Å². The molecule has 0 bridgehead atoms. The zero-order valence-corrected chi connectivity index (χ0v) is 16.0. The Morgan fingerprint density at radius 3 is 2.26 bits per heavy atom. The van der Waals surface area contributed by atoms with Crippen LogP contribution in [-0.2, 0) is 20.9 Å². The summed E-state index contributed by atoms with van der Waals surface area (Å²) in [5.74, 6) is -1.20. The van der Waals surface area contributed by atoms with Gasteiger partial charge >= 0.3 is 18.2 Å². The van der Waals surface area contributed by atoms with Crippen molar-refractivity contribution in [3.63, 3.8) is 0 Å². The summed E-state index contributed by atoms with van der Waals surface area (Å²) in [4.78, 5) is 38.9. The molecule has 2 amide bonds. The number of hydrogen-bond donors (Lipinski definition) is 1. The third-order valence-corrected chi connectivity index (χ3v) is 4.09. The summed E-state index contributed by atoms with van der Waals surface area (Å²) in [6, 6.07) is 7.60. The third kappa shape index (κ3) is 5.60. The van der Waals surface area contributed by atoms with E-state index >= 15 is 0 Å². The molecule has 1 N–H and O–H groups in total. The highest BCUT2D eigenvalue weighted by atomic mass is 16.6. The van der Waals surface area contributed by atoms with Gasteiger partial charge < -0.3 is 19.5 Å². The van der Waals surface area contributed by atoms with Gasteiger partial charge in [0.25, 0.3) is 0 Å². The van der Waals surface area contributed by atoms with Crippen molar-refractivity contribution in [3.05, 3.63) is 35.9 Å². The Hall–Kier alpha value is -2.77. The molecule has 8 nitrogen and oxygen atoms in total. The standard InChI is InChI=1S/C19H26N2O6/c1-13-10-21(18(25)27-19(2,3)4)15(16(22)23)11-20(13)17(24)26-12-14-8-6-5-7-9-14/h5-9,13,15H,10-12H2,1-4H3,(H,22,23). The molecule has 1 aromatic carbocycles. The van der Waals surface area contributed by atoms with Gasteiger partial charge in [-0.25, -0.2) is 14.4 Å². The van der Waals surface area contributed by atoms with Crippen LogP contribution < -0.4 is 0 Å². The Balaban J connectivity index is 2.05. The van der Waals surface area contributed by atoms with Crippen molar-refractivity contribution in [2.75, 3.05) is 13.1 Å². The van der Waals surface area contributed by atoms with Crippen LogP contribution in [0.5, 0.6) is 0 Å². The Labute approximate surface area is 158 Å². The number of hydrogen-bond acceptors (Lipinski definition) is 5. The molecule has 0 aliphatic carbocycles. The first kappa shape index (κ1) is 20.5. The fourth-order valence-corrected chi connectivity index (χ4v) is 2.77. The molecule has 2 atom stereocenters. The lowest BCUT2D eigenvalue weighted by Gasteiger charge is -2.42. The van der Waals surface area contributed by atoms with Gasteiger partial charge in [-0.1, -0.05) is 30.3 Å². The monoisotopic (exact) mass is 378 g/mol. The van der Waals surface area contributed by atoms with Crippen LogP contribution in [0.1, 0.15) is 33.3 Å².